The maximum absolute atomic E-state index is 14.6. The lowest BCUT2D eigenvalue weighted by Crippen LogP contribution is -2.33. The number of ether oxygens (including phenoxy) is 2. The average Bonchev–Trinajstić information content (AvgIpc) is 3.65. The molecule has 5 aromatic rings. The summed E-state index contributed by atoms with van der Waals surface area (Å²) in [5.41, 5.74) is 3.39. The second kappa shape index (κ2) is 12.7. The number of halogens is 6. The zero-order valence-corrected chi connectivity index (χ0v) is 25.4. The SMILES string of the molecule is Fc1cc(Cl)ccc1COc1cc(C2=CCN(Cc3nc4cc(-c5noc(C(F)(F)F)n5)cnc4n3C[C@@H]3CCO3)CC2)ccc1F. The normalized spacial score (nSPS) is 17.1. The van der Waals surface area contributed by atoms with Gasteiger partial charge in [0.1, 0.15) is 23.8 Å². The molecular formula is C32H26ClF5N6O3. The molecule has 3 aromatic heterocycles. The summed E-state index contributed by atoms with van der Waals surface area (Å²) in [7, 11) is 0. The van der Waals surface area contributed by atoms with Crippen LogP contribution in [0.2, 0.25) is 5.02 Å². The average molecular weight is 673 g/mol. The molecule has 1 fully saturated rings. The van der Waals surface area contributed by atoms with Gasteiger partial charge in [0.2, 0.25) is 5.82 Å². The molecule has 15 heteroatoms. The summed E-state index contributed by atoms with van der Waals surface area (Å²) in [6.07, 6.45) is 0.289. The van der Waals surface area contributed by atoms with Gasteiger partial charge in [0.15, 0.2) is 17.2 Å². The van der Waals surface area contributed by atoms with Gasteiger partial charge in [0.05, 0.1) is 19.2 Å². The molecule has 1 atom stereocenters. The maximum atomic E-state index is 14.6. The number of nitrogens with zero attached hydrogens (tertiary/aromatic N) is 6. The zero-order valence-electron chi connectivity index (χ0n) is 24.6. The Hall–Kier alpha value is -4.40. The molecule has 2 aliphatic rings. The minimum Gasteiger partial charge on any atom is -0.486 e. The van der Waals surface area contributed by atoms with Crippen molar-refractivity contribution >= 4 is 28.3 Å². The number of fused-ring (bicyclic) bond motifs is 1. The van der Waals surface area contributed by atoms with Crippen molar-refractivity contribution in [2.45, 2.75) is 44.8 Å². The van der Waals surface area contributed by atoms with Crippen LogP contribution in [0.1, 0.15) is 35.7 Å². The van der Waals surface area contributed by atoms with Gasteiger partial charge in [-0.2, -0.15) is 18.2 Å². The minimum absolute atomic E-state index is 0.0121. The first kappa shape index (κ1) is 31.2. The van der Waals surface area contributed by atoms with Crippen molar-refractivity contribution in [2.24, 2.45) is 0 Å². The Balaban J connectivity index is 1.08. The molecule has 0 bridgehead atoms. The number of aromatic nitrogens is 5. The predicted octanol–water partition coefficient (Wildman–Crippen LogP) is 7.09. The van der Waals surface area contributed by atoms with E-state index in [0.717, 1.165) is 23.4 Å². The highest BCUT2D eigenvalue weighted by Gasteiger charge is 2.38. The largest absolute Gasteiger partial charge is 0.486 e. The molecule has 7 rings (SSSR count). The summed E-state index contributed by atoms with van der Waals surface area (Å²) >= 11 is 5.82. The van der Waals surface area contributed by atoms with Crippen molar-refractivity contribution in [3.05, 3.63) is 94.2 Å². The Morgan fingerprint density at radius 2 is 1.87 bits per heavy atom. The Morgan fingerprint density at radius 3 is 2.57 bits per heavy atom. The molecule has 0 saturated carbocycles. The molecule has 2 aromatic carbocycles. The van der Waals surface area contributed by atoms with E-state index in [1.807, 2.05) is 4.57 Å². The van der Waals surface area contributed by atoms with Crippen molar-refractivity contribution in [2.75, 3.05) is 19.7 Å². The van der Waals surface area contributed by atoms with E-state index in [1.54, 1.807) is 24.3 Å². The van der Waals surface area contributed by atoms with Gasteiger partial charge in [0, 0.05) is 42.0 Å². The quantitative estimate of drug-likeness (QED) is 0.153. The molecular weight excluding hydrogens is 647 g/mol. The van der Waals surface area contributed by atoms with Crippen LogP contribution in [0.25, 0.3) is 28.1 Å². The van der Waals surface area contributed by atoms with Gasteiger partial charge >= 0.3 is 12.1 Å². The molecule has 0 aliphatic carbocycles. The second-order valence-corrected chi connectivity index (χ2v) is 11.7. The van der Waals surface area contributed by atoms with E-state index in [-0.39, 0.29) is 40.4 Å². The van der Waals surface area contributed by atoms with Gasteiger partial charge in [0.25, 0.3) is 0 Å². The molecule has 0 spiro atoms. The van der Waals surface area contributed by atoms with E-state index < -0.39 is 23.7 Å². The lowest BCUT2D eigenvalue weighted by Gasteiger charge is -2.29. The number of alkyl halides is 3. The van der Waals surface area contributed by atoms with Crippen molar-refractivity contribution < 1.29 is 35.9 Å². The van der Waals surface area contributed by atoms with Crippen LogP contribution in [0.3, 0.4) is 0 Å². The van der Waals surface area contributed by atoms with Gasteiger partial charge in [-0.1, -0.05) is 35.0 Å². The van der Waals surface area contributed by atoms with Crippen molar-refractivity contribution in [3.63, 3.8) is 0 Å². The zero-order chi connectivity index (χ0) is 32.7. The number of benzene rings is 2. The van der Waals surface area contributed by atoms with Crippen LogP contribution in [-0.2, 0) is 30.6 Å². The Morgan fingerprint density at radius 1 is 1.02 bits per heavy atom. The molecule has 47 heavy (non-hydrogen) atoms. The summed E-state index contributed by atoms with van der Waals surface area (Å²) in [6.45, 7) is 2.81. The van der Waals surface area contributed by atoms with E-state index in [2.05, 4.69) is 30.6 Å². The van der Waals surface area contributed by atoms with E-state index >= 15 is 0 Å². The third kappa shape index (κ3) is 6.71. The summed E-state index contributed by atoms with van der Waals surface area (Å²) in [5.74, 6) is -1.99. The van der Waals surface area contributed by atoms with E-state index in [9.17, 15) is 22.0 Å². The van der Waals surface area contributed by atoms with E-state index in [0.29, 0.717) is 50.4 Å². The third-order valence-corrected chi connectivity index (χ3v) is 8.36. The lowest BCUT2D eigenvalue weighted by molar-refractivity contribution is -0.159. The molecule has 244 valence electrons. The number of imidazole rings is 1. The summed E-state index contributed by atoms with van der Waals surface area (Å²) in [4.78, 5) is 15.0. The van der Waals surface area contributed by atoms with Crippen LogP contribution in [-0.4, -0.2) is 55.4 Å². The van der Waals surface area contributed by atoms with Crippen molar-refractivity contribution in [1.29, 1.82) is 0 Å². The highest BCUT2D eigenvalue weighted by molar-refractivity contribution is 6.30. The van der Waals surface area contributed by atoms with Gasteiger partial charge in [-0.15, -0.1) is 0 Å². The first-order valence-electron chi connectivity index (χ1n) is 14.8. The van der Waals surface area contributed by atoms with Crippen LogP contribution in [0.15, 0.2) is 59.3 Å². The van der Waals surface area contributed by atoms with Crippen molar-refractivity contribution in [3.8, 4) is 17.1 Å². The molecule has 5 heterocycles. The Labute approximate surface area is 269 Å². The molecule has 0 N–H and O–H groups in total. The monoisotopic (exact) mass is 672 g/mol. The fraction of sp³-hybridized carbons (Fsp3) is 0.312. The van der Waals surface area contributed by atoms with Crippen LogP contribution in [0.4, 0.5) is 22.0 Å². The van der Waals surface area contributed by atoms with Gasteiger partial charge in [-0.25, -0.2) is 18.7 Å². The van der Waals surface area contributed by atoms with Crippen LogP contribution < -0.4 is 4.74 Å². The summed E-state index contributed by atoms with van der Waals surface area (Å²) < 4.78 is 85.4. The smallest absolute Gasteiger partial charge is 0.471 e. The van der Waals surface area contributed by atoms with Crippen LogP contribution in [0.5, 0.6) is 5.75 Å². The summed E-state index contributed by atoms with van der Waals surface area (Å²) in [5, 5.41) is 3.73. The standard InChI is InChI=1S/C32H26ClF5N6O3/c33-22-3-1-20(25(35)13-22)17-46-27-12-19(2-4-24(27)34)18-5-8-43(9-6-18)16-28-40-26-11-21(29-41-31(47-42-29)32(36,37)38)14-39-30(26)44(28)15-23-7-10-45-23/h1-5,11-14,23H,6-10,15-17H2/t23-/m0/s1. The molecule has 9 nitrogen and oxygen atoms in total. The summed E-state index contributed by atoms with van der Waals surface area (Å²) in [6, 6.07) is 10.5. The highest BCUT2D eigenvalue weighted by Crippen LogP contribution is 2.32. The minimum atomic E-state index is -4.76. The van der Waals surface area contributed by atoms with Crippen LogP contribution >= 0.6 is 11.6 Å². The topological polar surface area (TPSA) is 91.3 Å². The third-order valence-electron chi connectivity index (χ3n) is 8.13. The highest BCUT2D eigenvalue weighted by atomic mass is 35.5. The molecule has 0 unspecified atom stereocenters. The Bertz CT molecular complexity index is 1970. The number of rotatable bonds is 9. The first-order valence-corrected chi connectivity index (χ1v) is 15.1. The second-order valence-electron chi connectivity index (χ2n) is 11.3. The van der Waals surface area contributed by atoms with Crippen molar-refractivity contribution in [1.82, 2.24) is 29.6 Å². The molecule has 0 amide bonds. The molecule has 1 saturated heterocycles. The van der Waals surface area contributed by atoms with Gasteiger partial charge in [-0.05, 0) is 54.3 Å². The van der Waals surface area contributed by atoms with Crippen LogP contribution in [0, 0.1) is 11.6 Å². The predicted molar refractivity (Wildman–Crippen MR) is 160 cm³/mol. The van der Waals surface area contributed by atoms with E-state index in [4.69, 9.17) is 26.1 Å². The van der Waals surface area contributed by atoms with Gasteiger partial charge < -0.3 is 18.6 Å². The van der Waals surface area contributed by atoms with Gasteiger partial charge in [-0.3, -0.25) is 4.90 Å². The molecule has 0 radical (unpaired) electrons. The maximum Gasteiger partial charge on any atom is 0.471 e. The fourth-order valence-electron chi connectivity index (χ4n) is 5.51. The number of hydrogen-bond acceptors (Lipinski definition) is 8. The number of hydrogen-bond donors (Lipinski definition) is 0. The molecule has 2 aliphatic heterocycles. The first-order chi connectivity index (χ1) is 22.6. The fourth-order valence-corrected chi connectivity index (χ4v) is 5.66. The lowest BCUT2D eigenvalue weighted by atomic mass is 9.99. The number of pyridine rings is 1. The Kier molecular flexibility index (Phi) is 8.41. The van der Waals surface area contributed by atoms with E-state index in [1.165, 1.54) is 24.4 Å².